The van der Waals surface area contributed by atoms with Crippen molar-refractivity contribution in [2.24, 2.45) is 0 Å². The summed E-state index contributed by atoms with van der Waals surface area (Å²) in [5, 5.41) is 2.89. The molecule has 0 saturated heterocycles. The summed E-state index contributed by atoms with van der Waals surface area (Å²) in [6.07, 6.45) is 2.35. The third-order valence-electron chi connectivity index (χ3n) is 4.93. The van der Waals surface area contributed by atoms with Crippen molar-refractivity contribution >= 4 is 27.5 Å². The number of ether oxygens (including phenoxy) is 1. The third-order valence-corrected chi connectivity index (χ3v) is 6.06. The first-order chi connectivity index (χ1) is 13.8. The SMILES string of the molecule is COC(=O)N1CCc2ccc(NC(=O)CCc3ccc(S(C)(=O)=O)cc3)cc2C1. The van der Waals surface area contributed by atoms with E-state index in [9.17, 15) is 18.0 Å². The maximum atomic E-state index is 12.3. The first kappa shape index (κ1) is 20.9. The molecule has 7 nitrogen and oxygen atoms in total. The number of carbonyl (C=O) groups excluding carboxylic acids is 2. The molecule has 0 atom stereocenters. The fraction of sp³-hybridized carbons (Fsp3) is 0.333. The summed E-state index contributed by atoms with van der Waals surface area (Å²) in [6.45, 7) is 1.07. The normalized spacial score (nSPS) is 13.5. The highest BCUT2D eigenvalue weighted by molar-refractivity contribution is 7.90. The first-order valence-corrected chi connectivity index (χ1v) is 11.2. The number of rotatable bonds is 5. The molecule has 0 bridgehead atoms. The van der Waals surface area contributed by atoms with Crippen molar-refractivity contribution in [2.75, 3.05) is 25.2 Å². The highest BCUT2D eigenvalue weighted by Gasteiger charge is 2.21. The number of hydrogen-bond acceptors (Lipinski definition) is 5. The minimum atomic E-state index is -3.22. The smallest absolute Gasteiger partial charge is 0.409 e. The van der Waals surface area contributed by atoms with Crippen LogP contribution in [-0.4, -0.2) is 45.2 Å². The molecular formula is C21H24N2O5S. The molecule has 8 heteroatoms. The summed E-state index contributed by atoms with van der Waals surface area (Å²) >= 11 is 0. The van der Waals surface area contributed by atoms with Crippen molar-refractivity contribution in [1.29, 1.82) is 0 Å². The van der Waals surface area contributed by atoms with E-state index in [1.54, 1.807) is 29.2 Å². The fourth-order valence-electron chi connectivity index (χ4n) is 3.30. The van der Waals surface area contributed by atoms with Gasteiger partial charge in [0, 0.05) is 31.5 Å². The van der Waals surface area contributed by atoms with Gasteiger partial charge in [-0.15, -0.1) is 0 Å². The molecule has 1 aliphatic heterocycles. The Bertz CT molecular complexity index is 1020. The van der Waals surface area contributed by atoms with Crippen LogP contribution in [0.25, 0.3) is 0 Å². The molecule has 154 valence electrons. The lowest BCUT2D eigenvalue weighted by atomic mass is 9.99. The summed E-state index contributed by atoms with van der Waals surface area (Å²) in [6, 6.07) is 12.3. The number of nitrogens with zero attached hydrogens (tertiary/aromatic N) is 1. The molecule has 1 N–H and O–H groups in total. The van der Waals surface area contributed by atoms with Gasteiger partial charge >= 0.3 is 6.09 Å². The molecule has 0 aromatic heterocycles. The number of carbonyl (C=O) groups is 2. The van der Waals surface area contributed by atoms with Crippen LogP contribution in [0.1, 0.15) is 23.1 Å². The van der Waals surface area contributed by atoms with E-state index in [0.717, 1.165) is 23.1 Å². The number of anilines is 1. The Labute approximate surface area is 170 Å². The number of methoxy groups -OCH3 is 1. The van der Waals surface area contributed by atoms with Gasteiger partial charge in [0.2, 0.25) is 5.91 Å². The number of sulfone groups is 1. The molecule has 2 amide bonds. The van der Waals surface area contributed by atoms with Crippen LogP contribution in [0.15, 0.2) is 47.4 Å². The predicted octanol–water partition coefficient (Wildman–Crippen LogP) is 2.79. The lowest BCUT2D eigenvalue weighted by molar-refractivity contribution is -0.116. The number of nitrogens with one attached hydrogen (secondary N) is 1. The standard InChI is InChI=1S/C21H24N2O5S/c1-28-21(25)23-12-11-16-6-7-18(13-17(16)14-23)22-20(24)10-5-15-3-8-19(9-4-15)29(2,26)27/h3-4,6-9,13H,5,10-12,14H2,1-2H3,(H,22,24). The molecule has 2 aromatic rings. The van der Waals surface area contributed by atoms with Crippen molar-refractivity contribution in [3.05, 3.63) is 59.2 Å². The second-order valence-corrected chi connectivity index (χ2v) is 9.11. The zero-order chi connectivity index (χ0) is 21.0. The van der Waals surface area contributed by atoms with E-state index in [-0.39, 0.29) is 23.3 Å². The molecule has 1 heterocycles. The lowest BCUT2D eigenvalue weighted by Crippen LogP contribution is -2.35. The summed E-state index contributed by atoms with van der Waals surface area (Å²) in [7, 11) is -1.86. The van der Waals surface area contributed by atoms with E-state index in [4.69, 9.17) is 4.74 Å². The number of aryl methyl sites for hydroxylation is 1. The molecular weight excluding hydrogens is 392 g/mol. The van der Waals surface area contributed by atoms with Crippen molar-refractivity contribution < 1.29 is 22.7 Å². The van der Waals surface area contributed by atoms with E-state index >= 15 is 0 Å². The van der Waals surface area contributed by atoms with Crippen molar-refractivity contribution in [3.63, 3.8) is 0 Å². The van der Waals surface area contributed by atoms with Gasteiger partial charge in [-0.1, -0.05) is 18.2 Å². The number of amides is 2. The minimum absolute atomic E-state index is 0.127. The van der Waals surface area contributed by atoms with Crippen molar-refractivity contribution in [3.8, 4) is 0 Å². The van der Waals surface area contributed by atoms with Gasteiger partial charge < -0.3 is 15.0 Å². The molecule has 3 rings (SSSR count). The van der Waals surface area contributed by atoms with Gasteiger partial charge in [0.05, 0.1) is 12.0 Å². The summed E-state index contributed by atoms with van der Waals surface area (Å²) in [5.41, 5.74) is 3.74. The molecule has 1 aliphatic rings. The van der Waals surface area contributed by atoms with Crippen LogP contribution in [-0.2, 0) is 38.8 Å². The first-order valence-electron chi connectivity index (χ1n) is 9.30. The van der Waals surface area contributed by atoms with Crippen LogP contribution in [0.4, 0.5) is 10.5 Å². The monoisotopic (exact) mass is 416 g/mol. The second kappa shape index (κ2) is 8.65. The Kier molecular flexibility index (Phi) is 6.22. The molecule has 0 unspecified atom stereocenters. The van der Waals surface area contributed by atoms with Crippen LogP contribution in [0.2, 0.25) is 0 Å². The zero-order valence-electron chi connectivity index (χ0n) is 16.5. The van der Waals surface area contributed by atoms with Gasteiger partial charge in [0.25, 0.3) is 0 Å². The second-order valence-electron chi connectivity index (χ2n) is 7.09. The summed E-state index contributed by atoms with van der Waals surface area (Å²) < 4.78 is 27.8. The average molecular weight is 416 g/mol. The Morgan fingerprint density at radius 3 is 2.48 bits per heavy atom. The topological polar surface area (TPSA) is 92.8 Å². The van der Waals surface area contributed by atoms with Gasteiger partial charge in [0.1, 0.15) is 0 Å². The van der Waals surface area contributed by atoms with E-state index in [2.05, 4.69) is 5.32 Å². The quantitative estimate of drug-likeness (QED) is 0.809. The van der Waals surface area contributed by atoms with Crippen LogP contribution in [0.3, 0.4) is 0 Å². The summed E-state index contributed by atoms with van der Waals surface area (Å²) in [4.78, 5) is 25.9. The van der Waals surface area contributed by atoms with Gasteiger partial charge in [0.15, 0.2) is 9.84 Å². The van der Waals surface area contributed by atoms with Gasteiger partial charge in [-0.25, -0.2) is 13.2 Å². The van der Waals surface area contributed by atoms with Crippen molar-refractivity contribution in [1.82, 2.24) is 4.90 Å². The maximum Gasteiger partial charge on any atom is 0.409 e. The molecule has 0 saturated carbocycles. The van der Waals surface area contributed by atoms with Gasteiger partial charge in [-0.2, -0.15) is 0 Å². The Balaban J connectivity index is 1.58. The third kappa shape index (κ3) is 5.35. The van der Waals surface area contributed by atoms with E-state index in [1.165, 1.54) is 13.4 Å². The average Bonchev–Trinajstić information content (AvgIpc) is 2.70. The lowest BCUT2D eigenvalue weighted by Gasteiger charge is -2.28. The molecule has 29 heavy (non-hydrogen) atoms. The zero-order valence-corrected chi connectivity index (χ0v) is 17.3. The minimum Gasteiger partial charge on any atom is -0.453 e. The van der Waals surface area contributed by atoms with Crippen molar-refractivity contribution in [2.45, 2.75) is 30.7 Å². The Hall–Kier alpha value is -2.87. The van der Waals surface area contributed by atoms with E-state index < -0.39 is 9.84 Å². The van der Waals surface area contributed by atoms with Crippen LogP contribution in [0.5, 0.6) is 0 Å². The summed E-state index contributed by atoms with van der Waals surface area (Å²) in [5.74, 6) is -0.127. The number of benzene rings is 2. The number of fused-ring (bicyclic) bond motifs is 1. The molecule has 0 spiro atoms. The fourth-order valence-corrected chi connectivity index (χ4v) is 3.93. The van der Waals surface area contributed by atoms with Gasteiger partial charge in [-0.3, -0.25) is 4.79 Å². The van der Waals surface area contributed by atoms with E-state index in [1.807, 2.05) is 18.2 Å². The predicted molar refractivity (Wildman–Crippen MR) is 109 cm³/mol. The Morgan fingerprint density at radius 1 is 1.10 bits per heavy atom. The highest BCUT2D eigenvalue weighted by atomic mass is 32.2. The molecule has 2 aromatic carbocycles. The van der Waals surface area contributed by atoms with Gasteiger partial charge in [-0.05, 0) is 53.8 Å². The molecule has 0 fully saturated rings. The molecule has 0 aliphatic carbocycles. The van der Waals surface area contributed by atoms with Crippen LogP contribution < -0.4 is 5.32 Å². The number of hydrogen-bond donors (Lipinski definition) is 1. The maximum absolute atomic E-state index is 12.3. The van der Waals surface area contributed by atoms with Crippen LogP contribution >= 0.6 is 0 Å². The van der Waals surface area contributed by atoms with Crippen LogP contribution in [0, 0.1) is 0 Å². The van der Waals surface area contributed by atoms with E-state index in [0.29, 0.717) is 25.2 Å². The Morgan fingerprint density at radius 2 is 1.83 bits per heavy atom. The molecule has 0 radical (unpaired) electrons. The highest BCUT2D eigenvalue weighted by Crippen LogP contribution is 2.23. The largest absolute Gasteiger partial charge is 0.453 e.